The highest BCUT2D eigenvalue weighted by atomic mass is 16.2. The van der Waals surface area contributed by atoms with E-state index in [1.165, 1.54) is 11.4 Å². The largest absolute Gasteiger partial charge is 0.325 e. The van der Waals surface area contributed by atoms with E-state index in [0.717, 1.165) is 41.9 Å². The molecule has 1 aromatic rings. The van der Waals surface area contributed by atoms with Crippen LogP contribution in [0, 0.1) is 0 Å². The summed E-state index contributed by atoms with van der Waals surface area (Å²) >= 11 is 0. The van der Waals surface area contributed by atoms with E-state index >= 15 is 0 Å². The van der Waals surface area contributed by atoms with Gasteiger partial charge in [0.05, 0.1) is 12.3 Å². The van der Waals surface area contributed by atoms with Crippen molar-refractivity contribution in [1.82, 2.24) is 15.2 Å². The molecule has 29 heavy (non-hydrogen) atoms. The van der Waals surface area contributed by atoms with Gasteiger partial charge in [-0.2, -0.15) is 5.10 Å². The van der Waals surface area contributed by atoms with Crippen LogP contribution in [0.15, 0.2) is 35.4 Å². The molecule has 7 heteroatoms. The number of hydrazone groups is 1. The van der Waals surface area contributed by atoms with E-state index in [4.69, 9.17) is 0 Å². The second kappa shape index (κ2) is 9.20. The maximum absolute atomic E-state index is 12.8. The van der Waals surface area contributed by atoms with Crippen LogP contribution in [0.4, 0.5) is 4.79 Å². The minimum Gasteiger partial charge on any atom is -0.323 e. The number of carbonyl (C=O) groups excluding carboxylic acids is 3. The first kappa shape index (κ1) is 21.0. The molecule has 156 valence electrons. The van der Waals surface area contributed by atoms with Crippen LogP contribution in [-0.2, 0) is 9.59 Å². The van der Waals surface area contributed by atoms with E-state index in [1.807, 2.05) is 30.3 Å². The Balaban J connectivity index is 1.57. The molecule has 1 aromatic carbocycles. The number of hydrogen-bond acceptors (Lipinski definition) is 4. The van der Waals surface area contributed by atoms with Crippen molar-refractivity contribution >= 4 is 23.6 Å². The van der Waals surface area contributed by atoms with Gasteiger partial charge in [-0.3, -0.25) is 14.5 Å². The van der Waals surface area contributed by atoms with E-state index in [9.17, 15) is 14.4 Å². The lowest BCUT2D eigenvalue weighted by Gasteiger charge is -2.22. The van der Waals surface area contributed by atoms with Crippen LogP contribution in [0.5, 0.6) is 0 Å². The first-order valence-corrected chi connectivity index (χ1v) is 10.5. The summed E-state index contributed by atoms with van der Waals surface area (Å²) in [6, 6.07) is 9.20. The zero-order valence-corrected chi connectivity index (χ0v) is 17.3. The summed E-state index contributed by atoms with van der Waals surface area (Å²) in [6.07, 6.45) is 6.63. The number of rotatable bonds is 9. The predicted octanol–water partition coefficient (Wildman–Crippen LogP) is 3.29. The van der Waals surface area contributed by atoms with Gasteiger partial charge < -0.3 is 5.32 Å². The van der Waals surface area contributed by atoms with Gasteiger partial charge in [-0.25, -0.2) is 9.80 Å². The van der Waals surface area contributed by atoms with Crippen LogP contribution in [0.25, 0.3) is 0 Å². The molecule has 0 bridgehead atoms. The van der Waals surface area contributed by atoms with Gasteiger partial charge in [-0.15, -0.1) is 0 Å². The quantitative estimate of drug-likeness (QED) is 0.512. The molecule has 0 saturated carbocycles. The first-order chi connectivity index (χ1) is 13.9. The van der Waals surface area contributed by atoms with E-state index in [1.54, 1.807) is 6.92 Å². The van der Waals surface area contributed by atoms with Gasteiger partial charge in [-0.1, -0.05) is 69.4 Å². The molecule has 1 saturated heterocycles. The molecule has 0 aliphatic carbocycles. The lowest BCUT2D eigenvalue weighted by atomic mass is 9.94. The van der Waals surface area contributed by atoms with Gasteiger partial charge in [0.1, 0.15) is 12.1 Å². The fourth-order valence-electron chi connectivity index (χ4n) is 3.83. The summed E-state index contributed by atoms with van der Waals surface area (Å²) < 4.78 is 0. The van der Waals surface area contributed by atoms with Crippen molar-refractivity contribution in [3.8, 4) is 0 Å². The van der Waals surface area contributed by atoms with Gasteiger partial charge in [-0.05, 0) is 18.9 Å². The standard InChI is InChI=1S/C22H30N4O3/c1-3-4-5-6-10-14-22(2)20(28)25(21(29)23-22)16-19(27)26-15-13-18(24-26)17-11-8-7-9-12-17/h7-9,11-12H,3-6,10,13-16H2,1-2H3,(H,23,29). The van der Waals surface area contributed by atoms with Gasteiger partial charge in [0.15, 0.2) is 0 Å². The number of nitrogens with one attached hydrogen (secondary N) is 1. The number of amides is 4. The van der Waals surface area contributed by atoms with Crippen LogP contribution in [-0.4, -0.2) is 52.1 Å². The number of unbranched alkanes of at least 4 members (excludes halogenated alkanes) is 4. The fraction of sp³-hybridized carbons (Fsp3) is 0.545. The van der Waals surface area contributed by atoms with E-state index in [-0.39, 0.29) is 18.4 Å². The smallest absolute Gasteiger partial charge is 0.323 e. The zero-order valence-electron chi connectivity index (χ0n) is 17.3. The molecular formula is C22H30N4O3. The van der Waals surface area contributed by atoms with Crippen LogP contribution in [0.3, 0.4) is 0 Å². The second-order valence-electron chi connectivity index (χ2n) is 8.00. The van der Waals surface area contributed by atoms with Gasteiger partial charge >= 0.3 is 6.03 Å². The monoisotopic (exact) mass is 398 g/mol. The molecular weight excluding hydrogens is 368 g/mol. The van der Waals surface area contributed by atoms with Crippen LogP contribution >= 0.6 is 0 Å². The van der Waals surface area contributed by atoms with Crippen molar-refractivity contribution in [3.05, 3.63) is 35.9 Å². The number of nitrogens with zero attached hydrogens (tertiary/aromatic N) is 3. The average Bonchev–Trinajstić information content (AvgIpc) is 3.29. The Morgan fingerprint density at radius 3 is 2.59 bits per heavy atom. The Hall–Kier alpha value is -2.70. The first-order valence-electron chi connectivity index (χ1n) is 10.5. The van der Waals surface area contributed by atoms with Crippen molar-refractivity contribution in [1.29, 1.82) is 0 Å². The Labute approximate surface area is 172 Å². The molecule has 0 radical (unpaired) electrons. The maximum atomic E-state index is 12.8. The van der Waals surface area contributed by atoms with E-state index in [2.05, 4.69) is 17.3 Å². The van der Waals surface area contributed by atoms with Crippen molar-refractivity contribution in [3.63, 3.8) is 0 Å². The molecule has 1 N–H and O–H groups in total. The lowest BCUT2D eigenvalue weighted by molar-refractivity contribution is -0.138. The molecule has 0 aromatic heterocycles. The Kier molecular flexibility index (Phi) is 6.67. The van der Waals surface area contributed by atoms with Crippen molar-refractivity contribution in [2.75, 3.05) is 13.1 Å². The third kappa shape index (κ3) is 4.83. The number of imide groups is 1. The van der Waals surface area contributed by atoms with Crippen LogP contribution in [0.2, 0.25) is 0 Å². The minimum absolute atomic E-state index is 0.276. The fourth-order valence-corrected chi connectivity index (χ4v) is 3.83. The third-order valence-electron chi connectivity index (χ3n) is 5.62. The predicted molar refractivity (Wildman–Crippen MR) is 111 cm³/mol. The Bertz CT molecular complexity index is 793. The molecule has 2 aliphatic rings. The number of urea groups is 1. The lowest BCUT2D eigenvalue weighted by Crippen LogP contribution is -2.45. The van der Waals surface area contributed by atoms with Crippen LogP contribution < -0.4 is 5.32 Å². The Morgan fingerprint density at radius 1 is 1.14 bits per heavy atom. The van der Waals surface area contributed by atoms with E-state index < -0.39 is 11.6 Å². The minimum atomic E-state index is -0.924. The van der Waals surface area contributed by atoms with Crippen molar-refractivity contribution in [2.45, 2.75) is 64.3 Å². The highest BCUT2D eigenvalue weighted by molar-refractivity contribution is 6.09. The summed E-state index contributed by atoms with van der Waals surface area (Å²) in [5.41, 5.74) is 0.897. The molecule has 0 spiro atoms. The molecule has 2 heterocycles. The molecule has 1 fully saturated rings. The molecule has 4 amide bonds. The van der Waals surface area contributed by atoms with Crippen LogP contribution in [0.1, 0.15) is 64.4 Å². The molecule has 7 nitrogen and oxygen atoms in total. The average molecular weight is 399 g/mol. The number of hydrogen-bond donors (Lipinski definition) is 1. The summed E-state index contributed by atoms with van der Waals surface area (Å²) in [5.74, 6) is -0.663. The number of carbonyl (C=O) groups is 3. The summed E-state index contributed by atoms with van der Waals surface area (Å²) in [6.45, 7) is 4.09. The topological polar surface area (TPSA) is 82.1 Å². The Morgan fingerprint density at radius 2 is 1.86 bits per heavy atom. The van der Waals surface area contributed by atoms with Gasteiger partial charge in [0, 0.05) is 6.42 Å². The second-order valence-corrected chi connectivity index (χ2v) is 8.00. The number of benzene rings is 1. The van der Waals surface area contributed by atoms with Crippen molar-refractivity contribution in [2.24, 2.45) is 5.10 Å². The normalized spacial score (nSPS) is 21.5. The highest BCUT2D eigenvalue weighted by Crippen LogP contribution is 2.24. The van der Waals surface area contributed by atoms with E-state index in [0.29, 0.717) is 19.4 Å². The molecule has 1 unspecified atom stereocenters. The molecule has 2 aliphatic heterocycles. The zero-order chi connectivity index (χ0) is 20.9. The van der Waals surface area contributed by atoms with Gasteiger partial charge in [0.25, 0.3) is 11.8 Å². The summed E-state index contributed by atoms with van der Waals surface area (Å²) in [5, 5.41) is 8.54. The molecule has 3 rings (SSSR count). The summed E-state index contributed by atoms with van der Waals surface area (Å²) in [7, 11) is 0. The SMILES string of the molecule is CCCCCCCC1(C)NC(=O)N(CC(=O)N2CCC(c3ccccc3)=N2)C1=O. The highest BCUT2D eigenvalue weighted by Gasteiger charge is 2.48. The maximum Gasteiger partial charge on any atom is 0.325 e. The van der Waals surface area contributed by atoms with Gasteiger partial charge in [0.2, 0.25) is 0 Å². The van der Waals surface area contributed by atoms with Crippen molar-refractivity contribution < 1.29 is 14.4 Å². The molecule has 1 atom stereocenters. The third-order valence-corrected chi connectivity index (χ3v) is 5.62. The summed E-state index contributed by atoms with van der Waals surface area (Å²) in [4.78, 5) is 38.9.